The first-order chi connectivity index (χ1) is 7.24. The van der Waals surface area contributed by atoms with E-state index in [1.165, 1.54) is 6.08 Å². The number of hydrogen-bond donors (Lipinski definition) is 1. The molecule has 0 saturated carbocycles. The molecule has 2 N–H and O–H groups in total. The lowest BCUT2D eigenvalue weighted by molar-refractivity contribution is -0.113. The molecule has 80 valence electrons. The first-order valence-corrected chi connectivity index (χ1v) is 4.93. The van der Waals surface area contributed by atoms with E-state index in [2.05, 4.69) is 0 Å². The zero-order valence-corrected chi connectivity index (χ0v) is 8.77. The average molecular weight is 205 g/mol. The molecule has 1 amide bonds. The molecule has 0 bridgehead atoms. The number of amides is 1. The Hall–Kier alpha value is -1.77. The lowest BCUT2D eigenvalue weighted by atomic mass is 10.2. The third-order valence-corrected chi connectivity index (χ3v) is 1.81. The second-order valence-corrected chi connectivity index (χ2v) is 3.12. The summed E-state index contributed by atoms with van der Waals surface area (Å²) in [4.78, 5) is 10.6. The molecule has 0 radical (unpaired) electrons. The summed E-state index contributed by atoms with van der Waals surface area (Å²) in [5.41, 5.74) is 5.89. The summed E-state index contributed by atoms with van der Waals surface area (Å²) < 4.78 is 5.52. The van der Waals surface area contributed by atoms with Crippen LogP contribution in [0.1, 0.15) is 18.9 Å². The van der Waals surface area contributed by atoms with Crippen molar-refractivity contribution in [2.24, 2.45) is 5.73 Å². The highest BCUT2D eigenvalue weighted by Gasteiger charge is 1.98. The molecule has 3 heteroatoms. The summed E-state index contributed by atoms with van der Waals surface area (Å²) in [6.45, 7) is 2.71. The lowest BCUT2D eigenvalue weighted by Gasteiger charge is -2.07. The van der Waals surface area contributed by atoms with Crippen molar-refractivity contribution in [3.8, 4) is 5.75 Å². The van der Waals surface area contributed by atoms with Gasteiger partial charge in [0.05, 0.1) is 6.61 Å². The predicted molar refractivity (Wildman–Crippen MR) is 60.5 cm³/mol. The van der Waals surface area contributed by atoms with Crippen molar-refractivity contribution in [3.63, 3.8) is 0 Å². The number of benzene rings is 1. The molecule has 15 heavy (non-hydrogen) atoms. The molecule has 1 aromatic rings. The molecular weight excluding hydrogens is 190 g/mol. The van der Waals surface area contributed by atoms with Crippen LogP contribution in [0, 0.1) is 0 Å². The summed E-state index contributed by atoms with van der Waals surface area (Å²) in [6.07, 6.45) is 3.94. The van der Waals surface area contributed by atoms with Gasteiger partial charge in [-0.05, 0) is 18.6 Å². The van der Waals surface area contributed by atoms with E-state index in [-0.39, 0.29) is 0 Å². The Morgan fingerprint density at radius 1 is 1.47 bits per heavy atom. The fraction of sp³-hybridized carbons (Fsp3) is 0.250. The number of primary amides is 1. The summed E-state index contributed by atoms with van der Waals surface area (Å²) in [5.74, 6) is 0.317. The van der Waals surface area contributed by atoms with E-state index in [1.807, 2.05) is 31.2 Å². The molecule has 0 aliphatic heterocycles. The van der Waals surface area contributed by atoms with Crippen molar-refractivity contribution in [1.29, 1.82) is 0 Å². The molecule has 0 heterocycles. The van der Waals surface area contributed by atoms with Crippen LogP contribution in [-0.4, -0.2) is 12.5 Å². The van der Waals surface area contributed by atoms with E-state index in [1.54, 1.807) is 6.08 Å². The van der Waals surface area contributed by atoms with Gasteiger partial charge in [-0.3, -0.25) is 4.79 Å². The van der Waals surface area contributed by atoms with Gasteiger partial charge >= 0.3 is 0 Å². The quantitative estimate of drug-likeness (QED) is 0.747. The van der Waals surface area contributed by atoms with Crippen molar-refractivity contribution < 1.29 is 9.53 Å². The fourth-order valence-corrected chi connectivity index (χ4v) is 1.13. The third kappa shape index (κ3) is 3.85. The Morgan fingerprint density at radius 2 is 2.20 bits per heavy atom. The second-order valence-electron chi connectivity index (χ2n) is 3.12. The lowest BCUT2D eigenvalue weighted by Crippen LogP contribution is -2.05. The van der Waals surface area contributed by atoms with Gasteiger partial charge in [0, 0.05) is 11.6 Å². The van der Waals surface area contributed by atoms with E-state index < -0.39 is 5.91 Å². The van der Waals surface area contributed by atoms with Crippen LogP contribution in [-0.2, 0) is 4.79 Å². The van der Waals surface area contributed by atoms with Crippen molar-refractivity contribution in [3.05, 3.63) is 35.9 Å². The SMILES string of the molecule is CCCOc1ccccc1C=CC(N)=O. The second kappa shape index (κ2) is 5.86. The molecule has 0 fully saturated rings. The van der Waals surface area contributed by atoms with E-state index in [4.69, 9.17) is 10.5 Å². The maximum Gasteiger partial charge on any atom is 0.241 e. The van der Waals surface area contributed by atoms with Gasteiger partial charge < -0.3 is 10.5 Å². The van der Waals surface area contributed by atoms with Gasteiger partial charge in [-0.25, -0.2) is 0 Å². The molecule has 1 aromatic carbocycles. The van der Waals surface area contributed by atoms with Crippen LogP contribution in [0.2, 0.25) is 0 Å². The number of carbonyl (C=O) groups is 1. The van der Waals surface area contributed by atoms with Crippen LogP contribution in [0.5, 0.6) is 5.75 Å². The summed E-state index contributed by atoms with van der Waals surface area (Å²) in [5, 5.41) is 0. The smallest absolute Gasteiger partial charge is 0.241 e. The molecule has 0 aliphatic carbocycles. The van der Waals surface area contributed by atoms with Gasteiger partial charge in [0.15, 0.2) is 0 Å². The van der Waals surface area contributed by atoms with Gasteiger partial charge in [-0.1, -0.05) is 25.1 Å². The average Bonchev–Trinajstić information content (AvgIpc) is 2.24. The van der Waals surface area contributed by atoms with Crippen molar-refractivity contribution in [1.82, 2.24) is 0 Å². The van der Waals surface area contributed by atoms with Crippen LogP contribution in [0.15, 0.2) is 30.3 Å². The van der Waals surface area contributed by atoms with Gasteiger partial charge in [-0.15, -0.1) is 0 Å². The number of nitrogens with two attached hydrogens (primary N) is 1. The van der Waals surface area contributed by atoms with E-state index in [9.17, 15) is 4.79 Å². The third-order valence-electron chi connectivity index (χ3n) is 1.81. The Kier molecular flexibility index (Phi) is 4.41. The highest BCUT2D eigenvalue weighted by Crippen LogP contribution is 2.19. The van der Waals surface area contributed by atoms with E-state index in [0.29, 0.717) is 6.61 Å². The molecule has 1 rings (SSSR count). The van der Waals surface area contributed by atoms with Gasteiger partial charge in [0.2, 0.25) is 5.91 Å². The summed E-state index contributed by atoms with van der Waals surface area (Å²) >= 11 is 0. The highest BCUT2D eigenvalue weighted by molar-refractivity contribution is 5.90. The zero-order chi connectivity index (χ0) is 11.1. The number of para-hydroxylation sites is 1. The first kappa shape index (κ1) is 11.3. The standard InChI is InChI=1S/C12H15NO2/c1-2-9-15-11-6-4-3-5-10(11)7-8-12(13)14/h3-8H,2,9H2,1H3,(H2,13,14). The largest absolute Gasteiger partial charge is 0.493 e. The number of rotatable bonds is 5. The van der Waals surface area contributed by atoms with Crippen molar-refractivity contribution in [2.45, 2.75) is 13.3 Å². The van der Waals surface area contributed by atoms with E-state index >= 15 is 0 Å². The van der Waals surface area contributed by atoms with Crippen LogP contribution >= 0.6 is 0 Å². The molecule has 0 saturated heterocycles. The minimum Gasteiger partial charge on any atom is -0.493 e. The molecule has 0 unspecified atom stereocenters. The number of ether oxygens (including phenoxy) is 1. The minimum absolute atomic E-state index is 0.458. The molecule has 0 spiro atoms. The summed E-state index contributed by atoms with van der Waals surface area (Å²) in [6, 6.07) is 7.53. The molecular formula is C12H15NO2. The highest BCUT2D eigenvalue weighted by atomic mass is 16.5. The molecule has 0 aliphatic rings. The van der Waals surface area contributed by atoms with Crippen LogP contribution in [0.4, 0.5) is 0 Å². The van der Waals surface area contributed by atoms with Crippen LogP contribution in [0.3, 0.4) is 0 Å². The van der Waals surface area contributed by atoms with Gasteiger partial charge in [-0.2, -0.15) is 0 Å². The predicted octanol–water partition coefficient (Wildman–Crippen LogP) is 1.97. The summed E-state index contributed by atoms with van der Waals surface area (Å²) in [7, 11) is 0. The molecule has 0 aromatic heterocycles. The van der Waals surface area contributed by atoms with Gasteiger partial charge in [0.25, 0.3) is 0 Å². The van der Waals surface area contributed by atoms with Crippen LogP contribution in [0.25, 0.3) is 6.08 Å². The van der Waals surface area contributed by atoms with Crippen molar-refractivity contribution >= 4 is 12.0 Å². The van der Waals surface area contributed by atoms with E-state index in [0.717, 1.165) is 17.7 Å². The minimum atomic E-state index is -0.458. The topological polar surface area (TPSA) is 52.3 Å². The number of hydrogen-bond acceptors (Lipinski definition) is 2. The molecule has 0 atom stereocenters. The zero-order valence-electron chi connectivity index (χ0n) is 8.77. The number of carbonyl (C=O) groups excluding carboxylic acids is 1. The Bertz CT molecular complexity index is 358. The normalized spacial score (nSPS) is 10.5. The maximum absolute atomic E-state index is 10.6. The Labute approximate surface area is 89.5 Å². The molecule has 3 nitrogen and oxygen atoms in total. The first-order valence-electron chi connectivity index (χ1n) is 4.93. The Morgan fingerprint density at radius 3 is 2.87 bits per heavy atom. The van der Waals surface area contributed by atoms with Crippen LogP contribution < -0.4 is 10.5 Å². The fourth-order valence-electron chi connectivity index (χ4n) is 1.13. The monoisotopic (exact) mass is 205 g/mol. The van der Waals surface area contributed by atoms with Gasteiger partial charge in [0.1, 0.15) is 5.75 Å². The maximum atomic E-state index is 10.6. The Balaban J connectivity index is 2.81. The van der Waals surface area contributed by atoms with Crippen molar-refractivity contribution in [2.75, 3.05) is 6.61 Å².